The first-order valence-electron chi connectivity index (χ1n) is 4.43. The van der Waals surface area contributed by atoms with E-state index in [1.165, 1.54) is 6.33 Å². The van der Waals surface area contributed by atoms with Crippen LogP contribution < -0.4 is 4.90 Å². The molecule has 0 spiro atoms. The molecule has 1 aliphatic rings. The summed E-state index contributed by atoms with van der Waals surface area (Å²) in [4.78, 5) is 10.1. The Kier molecular flexibility index (Phi) is 2.12. The highest BCUT2D eigenvalue weighted by Gasteiger charge is 2.22. The summed E-state index contributed by atoms with van der Waals surface area (Å²) >= 11 is 0. The minimum Gasteiger partial charge on any atom is -0.353 e. The molecule has 70 valence electrons. The maximum absolute atomic E-state index is 12.9. The molecule has 1 atom stereocenters. The Bertz CT molecular complexity index is 303. The van der Waals surface area contributed by atoms with E-state index in [0.29, 0.717) is 13.0 Å². The van der Waals surface area contributed by atoms with Gasteiger partial charge in [0.2, 0.25) is 0 Å². The van der Waals surface area contributed by atoms with Gasteiger partial charge in [0.15, 0.2) is 0 Å². The highest BCUT2D eigenvalue weighted by molar-refractivity contribution is 5.39. The van der Waals surface area contributed by atoms with Gasteiger partial charge in [0.25, 0.3) is 0 Å². The zero-order valence-electron chi connectivity index (χ0n) is 7.57. The molecular formula is C9H12FN3. The quantitative estimate of drug-likeness (QED) is 0.654. The molecule has 1 aliphatic heterocycles. The molecule has 0 aromatic carbocycles. The summed E-state index contributed by atoms with van der Waals surface area (Å²) in [7, 11) is 0. The molecule has 2 rings (SSSR count). The predicted molar refractivity (Wildman–Crippen MR) is 48.5 cm³/mol. The van der Waals surface area contributed by atoms with Crippen LogP contribution in [0.5, 0.6) is 0 Å². The van der Waals surface area contributed by atoms with E-state index < -0.39 is 6.17 Å². The molecule has 1 saturated heterocycles. The lowest BCUT2D eigenvalue weighted by atomic mass is 10.3. The summed E-state index contributed by atoms with van der Waals surface area (Å²) in [5.41, 5.74) is 0.923. The van der Waals surface area contributed by atoms with Crippen LogP contribution in [0.4, 0.5) is 10.2 Å². The highest BCUT2D eigenvalue weighted by Crippen LogP contribution is 2.19. The minimum atomic E-state index is -0.699. The van der Waals surface area contributed by atoms with Gasteiger partial charge in [-0.3, -0.25) is 0 Å². The fourth-order valence-electron chi connectivity index (χ4n) is 1.54. The molecule has 0 bridgehead atoms. The van der Waals surface area contributed by atoms with Crippen molar-refractivity contribution >= 4 is 5.82 Å². The summed E-state index contributed by atoms with van der Waals surface area (Å²) in [5.74, 6) is 0.840. The molecular weight excluding hydrogens is 169 g/mol. The molecule has 0 N–H and O–H groups in total. The average molecular weight is 181 g/mol. The van der Waals surface area contributed by atoms with Crippen LogP contribution >= 0.6 is 0 Å². The van der Waals surface area contributed by atoms with E-state index in [1.54, 1.807) is 0 Å². The van der Waals surface area contributed by atoms with E-state index in [9.17, 15) is 4.39 Å². The zero-order chi connectivity index (χ0) is 9.26. The first-order chi connectivity index (χ1) is 6.25. The van der Waals surface area contributed by atoms with Crippen molar-refractivity contribution in [2.45, 2.75) is 19.5 Å². The lowest BCUT2D eigenvalue weighted by molar-refractivity contribution is 0.364. The standard InChI is InChI=1S/C9H12FN3/c1-7-4-9(12-6-11-7)13-3-2-8(10)5-13/h4,6,8H,2-3,5H2,1H3. The second kappa shape index (κ2) is 3.28. The number of aryl methyl sites for hydroxylation is 1. The third-order valence-electron chi connectivity index (χ3n) is 2.24. The Balaban J connectivity index is 2.16. The van der Waals surface area contributed by atoms with Gasteiger partial charge in [0, 0.05) is 18.3 Å². The fourth-order valence-corrected chi connectivity index (χ4v) is 1.54. The van der Waals surface area contributed by atoms with Gasteiger partial charge < -0.3 is 4.90 Å². The van der Waals surface area contributed by atoms with E-state index in [4.69, 9.17) is 0 Å². The molecule has 4 heteroatoms. The summed E-state index contributed by atoms with van der Waals surface area (Å²) in [6, 6.07) is 1.89. The van der Waals surface area contributed by atoms with Crippen molar-refractivity contribution in [3.05, 3.63) is 18.1 Å². The van der Waals surface area contributed by atoms with Gasteiger partial charge in [-0.15, -0.1) is 0 Å². The Hall–Kier alpha value is -1.19. The average Bonchev–Trinajstić information content (AvgIpc) is 2.52. The van der Waals surface area contributed by atoms with Crippen molar-refractivity contribution in [1.29, 1.82) is 0 Å². The van der Waals surface area contributed by atoms with Crippen molar-refractivity contribution in [2.24, 2.45) is 0 Å². The molecule has 0 radical (unpaired) electrons. The number of anilines is 1. The molecule has 13 heavy (non-hydrogen) atoms. The number of rotatable bonds is 1. The minimum absolute atomic E-state index is 0.469. The molecule has 1 aromatic rings. The fraction of sp³-hybridized carbons (Fsp3) is 0.556. The number of nitrogens with zero attached hydrogens (tertiary/aromatic N) is 3. The topological polar surface area (TPSA) is 29.0 Å². The summed E-state index contributed by atoms with van der Waals surface area (Å²) in [6.07, 6.45) is 1.44. The Morgan fingerprint density at radius 2 is 2.38 bits per heavy atom. The molecule has 1 fully saturated rings. The Morgan fingerprint density at radius 1 is 1.54 bits per heavy atom. The maximum atomic E-state index is 12.9. The molecule has 1 aromatic heterocycles. The van der Waals surface area contributed by atoms with Crippen molar-refractivity contribution in [3.63, 3.8) is 0 Å². The lowest BCUT2D eigenvalue weighted by Crippen LogP contribution is -2.21. The highest BCUT2D eigenvalue weighted by atomic mass is 19.1. The van der Waals surface area contributed by atoms with Crippen LogP contribution in [0.15, 0.2) is 12.4 Å². The van der Waals surface area contributed by atoms with Crippen LogP contribution in [0.1, 0.15) is 12.1 Å². The van der Waals surface area contributed by atoms with Gasteiger partial charge in [-0.1, -0.05) is 0 Å². The molecule has 3 nitrogen and oxygen atoms in total. The Labute approximate surface area is 76.6 Å². The molecule has 1 unspecified atom stereocenters. The monoisotopic (exact) mass is 181 g/mol. The smallest absolute Gasteiger partial charge is 0.132 e. The first kappa shape index (κ1) is 8.41. The molecule has 0 amide bonds. The first-order valence-corrected chi connectivity index (χ1v) is 4.43. The van der Waals surface area contributed by atoms with E-state index in [2.05, 4.69) is 9.97 Å². The zero-order valence-corrected chi connectivity index (χ0v) is 7.57. The second-order valence-corrected chi connectivity index (χ2v) is 3.35. The molecule has 0 saturated carbocycles. The van der Waals surface area contributed by atoms with Crippen molar-refractivity contribution in [2.75, 3.05) is 18.0 Å². The van der Waals surface area contributed by atoms with E-state index >= 15 is 0 Å². The SMILES string of the molecule is Cc1cc(N2CCC(F)C2)ncn1. The number of alkyl halides is 1. The summed E-state index contributed by atoms with van der Waals surface area (Å²) in [5, 5.41) is 0. The molecule has 2 heterocycles. The summed E-state index contributed by atoms with van der Waals surface area (Å²) in [6.45, 7) is 3.14. The van der Waals surface area contributed by atoms with Gasteiger partial charge in [0.05, 0.1) is 6.54 Å². The third-order valence-corrected chi connectivity index (χ3v) is 2.24. The largest absolute Gasteiger partial charge is 0.353 e. The third kappa shape index (κ3) is 1.76. The van der Waals surface area contributed by atoms with Crippen molar-refractivity contribution < 1.29 is 4.39 Å². The number of hydrogen-bond donors (Lipinski definition) is 0. The predicted octanol–water partition coefficient (Wildman–Crippen LogP) is 1.33. The van der Waals surface area contributed by atoms with Gasteiger partial charge in [-0.05, 0) is 13.3 Å². The van der Waals surface area contributed by atoms with Gasteiger partial charge >= 0.3 is 0 Å². The normalized spacial score (nSPS) is 22.3. The van der Waals surface area contributed by atoms with Crippen LogP contribution in [-0.4, -0.2) is 29.2 Å². The van der Waals surface area contributed by atoms with Crippen LogP contribution in [0.2, 0.25) is 0 Å². The van der Waals surface area contributed by atoms with Gasteiger partial charge in [0.1, 0.15) is 18.3 Å². The van der Waals surface area contributed by atoms with Crippen molar-refractivity contribution in [3.8, 4) is 0 Å². The van der Waals surface area contributed by atoms with E-state index in [0.717, 1.165) is 18.1 Å². The van der Waals surface area contributed by atoms with Gasteiger partial charge in [-0.25, -0.2) is 14.4 Å². The van der Waals surface area contributed by atoms with Crippen LogP contribution in [0.3, 0.4) is 0 Å². The van der Waals surface area contributed by atoms with Crippen LogP contribution in [0, 0.1) is 6.92 Å². The summed E-state index contributed by atoms with van der Waals surface area (Å²) < 4.78 is 12.9. The van der Waals surface area contributed by atoms with Crippen LogP contribution in [-0.2, 0) is 0 Å². The van der Waals surface area contributed by atoms with E-state index in [1.807, 2.05) is 17.9 Å². The second-order valence-electron chi connectivity index (χ2n) is 3.35. The van der Waals surface area contributed by atoms with Crippen molar-refractivity contribution in [1.82, 2.24) is 9.97 Å². The Morgan fingerprint density at radius 3 is 3.00 bits per heavy atom. The maximum Gasteiger partial charge on any atom is 0.132 e. The number of aromatic nitrogens is 2. The molecule has 0 aliphatic carbocycles. The lowest BCUT2D eigenvalue weighted by Gasteiger charge is -2.15. The van der Waals surface area contributed by atoms with Crippen LogP contribution in [0.25, 0.3) is 0 Å². The van der Waals surface area contributed by atoms with E-state index in [-0.39, 0.29) is 0 Å². The number of hydrogen-bond acceptors (Lipinski definition) is 3. The number of halogens is 1. The van der Waals surface area contributed by atoms with Gasteiger partial charge in [-0.2, -0.15) is 0 Å².